The number of Topliss-reactive ketones (excluding diaryl/α,β-unsaturated/α-hetero) is 3. The normalized spacial score (nSPS) is 26.5. The number of pyridine rings is 1. The second-order valence-corrected chi connectivity index (χ2v) is 34.5. The molecule has 3 fully saturated rings. The minimum atomic E-state index is -2.51. The predicted molar refractivity (Wildman–Crippen MR) is 484 cm³/mol. The first kappa shape index (κ1) is 104. The third-order valence-corrected chi connectivity index (χ3v) is 24.7. The molecule has 1 aliphatic carbocycles. The highest BCUT2D eigenvalue weighted by atomic mass is 16.6. The number of aliphatic hydroxyl groups excluding tert-OH is 2. The summed E-state index contributed by atoms with van der Waals surface area (Å²) < 4.78 is 88.0. The average molecular weight is 1840 g/mol. The number of allylic oxidation sites excluding steroid dienone is 6. The summed E-state index contributed by atoms with van der Waals surface area (Å²) in [7, 11) is 3.06. The van der Waals surface area contributed by atoms with Gasteiger partial charge in [-0.25, -0.2) is 29.2 Å². The molecule has 5 aromatic rings. The van der Waals surface area contributed by atoms with Crippen molar-refractivity contribution in [3.8, 4) is 11.3 Å². The van der Waals surface area contributed by atoms with Crippen LogP contribution in [0.25, 0.3) is 33.3 Å². The number of nitrogens with one attached hydrogen (secondary N) is 2. The summed E-state index contributed by atoms with van der Waals surface area (Å²) in [5.74, 6) is -8.89. The summed E-state index contributed by atoms with van der Waals surface area (Å²) in [5, 5.41) is 43.9. The second kappa shape index (κ2) is 54.6. The molecule has 9 N–H and O–H groups in total. The van der Waals surface area contributed by atoms with Crippen LogP contribution in [0, 0.1) is 29.6 Å². The first-order valence-electron chi connectivity index (χ1n) is 46.2. The molecule has 3 amide bonds. The number of aromatic nitrogens is 6. The van der Waals surface area contributed by atoms with Crippen molar-refractivity contribution in [2.45, 2.75) is 205 Å². The lowest BCUT2D eigenvalue weighted by Gasteiger charge is -2.42. The summed E-state index contributed by atoms with van der Waals surface area (Å²) in [6.45, 7) is 19.6. The van der Waals surface area contributed by atoms with E-state index in [0.717, 1.165) is 44.6 Å². The quantitative estimate of drug-likeness (QED) is 0.00865. The number of amides is 3. The number of cyclic esters (lactones) is 1. The number of methoxy groups -OCH3 is 2. The molecule has 4 aliphatic heterocycles. The highest BCUT2D eigenvalue weighted by molar-refractivity contribution is 6.39. The highest BCUT2D eigenvalue weighted by Gasteiger charge is 2.53. The number of nitrogen functional groups attached to an aromatic ring is 1. The molecule has 2 bridgehead atoms. The molecule has 1 saturated carbocycles. The van der Waals surface area contributed by atoms with Crippen LogP contribution in [0.4, 0.5) is 10.6 Å². The number of nitrogens with two attached hydrogens (primary N) is 2. The lowest BCUT2D eigenvalue weighted by molar-refractivity contribution is -0.265. The summed E-state index contributed by atoms with van der Waals surface area (Å²) >= 11 is 0. The van der Waals surface area contributed by atoms with Gasteiger partial charge in [-0.1, -0.05) is 82.4 Å². The van der Waals surface area contributed by atoms with Crippen LogP contribution in [0.5, 0.6) is 0 Å². The highest BCUT2D eigenvalue weighted by Crippen LogP contribution is 2.39. The molecule has 0 radical (unpaired) electrons. The number of rotatable bonds is 42. The van der Waals surface area contributed by atoms with Gasteiger partial charge in [-0.15, -0.1) is 0 Å². The Labute approximate surface area is 767 Å². The van der Waals surface area contributed by atoms with E-state index in [1.807, 2.05) is 72.1 Å². The Balaban J connectivity index is 0.519. The Morgan fingerprint density at radius 2 is 1.34 bits per heavy atom. The van der Waals surface area contributed by atoms with E-state index in [9.17, 15) is 48.9 Å². The van der Waals surface area contributed by atoms with Crippen LogP contribution < -0.4 is 16.8 Å². The minimum absolute atomic E-state index is 0.00181. The Morgan fingerprint density at radius 1 is 0.687 bits per heavy atom. The number of aromatic amines is 1. The number of esters is 1. The first-order valence-corrected chi connectivity index (χ1v) is 46.2. The van der Waals surface area contributed by atoms with Gasteiger partial charge in [0.15, 0.2) is 11.4 Å². The molecule has 0 spiro atoms. The topological polar surface area (TPSA) is 461 Å². The van der Waals surface area contributed by atoms with Gasteiger partial charge in [-0.05, 0) is 136 Å². The van der Waals surface area contributed by atoms with Crippen LogP contribution in [0.1, 0.15) is 142 Å². The van der Waals surface area contributed by atoms with Crippen molar-refractivity contribution < 1.29 is 120 Å². The molecular weight excluding hydrogens is 1700 g/mol. The van der Waals surface area contributed by atoms with Crippen molar-refractivity contribution in [3.05, 3.63) is 113 Å². The van der Waals surface area contributed by atoms with Crippen LogP contribution in [-0.2, 0) is 119 Å². The average Bonchev–Trinajstić information content (AvgIpc) is 1.59. The molecule has 724 valence electrons. The minimum Gasteiger partial charge on any atom is -0.459 e. The number of ether oxygens (including phenoxy) is 15. The molecule has 0 unspecified atom stereocenters. The van der Waals surface area contributed by atoms with Gasteiger partial charge in [0.2, 0.25) is 11.7 Å². The van der Waals surface area contributed by atoms with E-state index in [0.29, 0.717) is 212 Å². The van der Waals surface area contributed by atoms with Crippen LogP contribution in [0.3, 0.4) is 0 Å². The molecular formula is C95H139N11O25. The standard InChI is InChI=1S/C95H139N11O25/c1-62-14-10-9-11-15-63(2)79(117-7)56-74-21-17-67(6)95(116,131-74)88(112)92(113)105-28-13-12-16-76(105)93(114)129-80(57-77(107)64(3)51-66(5)86(110)87(111)85(109)65(4)50-62)75(96)53-68-19-22-78(81(54-68)118-8)130-94(115)99-27-31-120-33-35-122-37-39-124-41-43-126-45-47-128-49-48-127-46-44-125-42-40-123-38-36-121-34-32-119-30-25-82(108)104-29-24-70-52-69(18-20-72(70)60-104)59-106-91-83(89(97)101-61-102-91)84(103-106)73-55-71-23-26-98-90(71)100-58-73/h9-11,14-15,18,20,23,26,51-52,55,58,61-62,64-65,67-68,74-76,78-81,86-87,110-111,116H,12-13,16-17,19,21-22,24-25,27-50,53-54,56-57,59-60,96H2,1-8H3,(H,98,100)(H,99,115)(H2,97,101,102)/b11-9+,14-10+,63-15+,66-51+/t62-,64-,65-,67-,68+,74+,75-,76+,78-,79+,80+,81-,86-,87+,95-/m1/s1. The lowest BCUT2D eigenvalue weighted by Crippen LogP contribution is -2.61. The van der Waals surface area contributed by atoms with Gasteiger partial charge >= 0.3 is 12.1 Å². The molecule has 8 heterocycles. The number of hydrogen-bond donors (Lipinski definition) is 7. The van der Waals surface area contributed by atoms with Crippen molar-refractivity contribution in [2.24, 2.45) is 35.3 Å². The van der Waals surface area contributed by atoms with Gasteiger partial charge in [0.25, 0.3) is 11.7 Å². The first-order chi connectivity index (χ1) is 63.3. The number of H-pyrrole nitrogens is 1. The number of alkyl carbamates (subject to hydrolysis) is 1. The van der Waals surface area contributed by atoms with E-state index in [1.54, 1.807) is 34.1 Å². The maximum atomic E-state index is 14.7. The number of anilines is 1. The molecule has 131 heavy (non-hydrogen) atoms. The van der Waals surface area contributed by atoms with Crippen LogP contribution in [0.2, 0.25) is 0 Å². The number of hydrogen-bond acceptors (Lipinski definition) is 31. The predicted octanol–water partition coefficient (Wildman–Crippen LogP) is 7.41. The van der Waals surface area contributed by atoms with Crippen molar-refractivity contribution >= 4 is 69.1 Å². The molecule has 36 nitrogen and oxygen atoms in total. The molecule has 15 atom stereocenters. The fourth-order valence-electron chi connectivity index (χ4n) is 17.1. The Hall–Kier alpha value is -8.77. The number of piperidine rings is 1. The van der Waals surface area contributed by atoms with Crippen molar-refractivity contribution in [3.63, 3.8) is 0 Å². The summed E-state index contributed by atoms with van der Waals surface area (Å²) in [4.78, 5) is 117. The second-order valence-electron chi connectivity index (χ2n) is 34.5. The molecule has 2 saturated heterocycles. The fraction of sp³-hybridized carbons (Fsp3) is 0.653. The van der Waals surface area contributed by atoms with E-state index >= 15 is 0 Å². The number of nitrogens with zero attached hydrogens (tertiary/aromatic N) is 7. The molecule has 1 aromatic carbocycles. The summed E-state index contributed by atoms with van der Waals surface area (Å²) in [6.07, 6.45) is 12.9. The van der Waals surface area contributed by atoms with Gasteiger partial charge in [0, 0.05) is 100 Å². The number of fused-ring (bicyclic) bond motifs is 6. The Kier molecular flexibility index (Phi) is 43.4. The molecule has 36 heteroatoms. The van der Waals surface area contributed by atoms with Crippen LogP contribution in [0.15, 0.2) is 96.7 Å². The van der Waals surface area contributed by atoms with E-state index in [-0.39, 0.29) is 75.3 Å². The monoisotopic (exact) mass is 1830 g/mol. The third kappa shape index (κ3) is 32.0. The zero-order valence-corrected chi connectivity index (χ0v) is 77.4. The van der Waals surface area contributed by atoms with Gasteiger partial charge in [0.1, 0.15) is 59.7 Å². The van der Waals surface area contributed by atoms with E-state index in [4.69, 9.17) is 87.6 Å². The largest absolute Gasteiger partial charge is 0.459 e. The smallest absolute Gasteiger partial charge is 0.407 e. The van der Waals surface area contributed by atoms with Gasteiger partial charge < -0.3 is 118 Å². The Morgan fingerprint density at radius 3 is 1.98 bits per heavy atom. The molecule has 5 aliphatic rings. The number of aliphatic hydroxyl groups is 3. The van der Waals surface area contributed by atoms with E-state index in [2.05, 4.69) is 43.5 Å². The molecule has 4 aromatic heterocycles. The van der Waals surface area contributed by atoms with Gasteiger partial charge in [-0.3, -0.25) is 24.0 Å². The van der Waals surface area contributed by atoms with E-state index in [1.165, 1.54) is 32.0 Å². The fourth-order valence-corrected chi connectivity index (χ4v) is 17.1. The van der Waals surface area contributed by atoms with E-state index < -0.39 is 120 Å². The zero-order valence-electron chi connectivity index (χ0n) is 77.4. The van der Waals surface area contributed by atoms with Crippen molar-refractivity contribution in [1.29, 1.82) is 0 Å². The zero-order chi connectivity index (χ0) is 93.6. The number of ketones is 3. The van der Waals surface area contributed by atoms with Gasteiger partial charge in [-0.2, -0.15) is 5.10 Å². The number of carbonyl (C=O) groups excluding carboxylic acids is 7. The summed E-state index contributed by atoms with van der Waals surface area (Å²) in [5.41, 5.74) is 20.7. The lowest BCUT2D eigenvalue weighted by atomic mass is 9.80. The summed E-state index contributed by atoms with van der Waals surface area (Å²) in [6, 6.07) is 8.09. The SMILES string of the molecule is CO[C@H]1C[C@@H]2CC[C@@H](C)[C@@](O)(O2)C(=O)C(=O)N2CCCC[C@H]2C(=O)O[C@H]([C@H](N)C[C@@H]2CC[C@@H](OC(=O)NCCOCCOCCOCCOCCOCCOCCOCCOCCOCCOCCC(=O)N3CCc4cc(Cn5nc(-c6cnc7[nH]ccc7c6)c6c(N)ncnc65)ccc4C3)[C@H](OC)C2)CC(=O)[C@H](C)/C=C(\C)[C@@H](O)[C@@H](O)C(=O)[C@H](C)C[C@H](C)/C=C/C=C/C=C/1C. The van der Waals surface area contributed by atoms with Crippen molar-refractivity contribution in [2.75, 3.05) is 172 Å². The maximum Gasteiger partial charge on any atom is 0.407 e. The number of benzene rings is 1. The third-order valence-electron chi connectivity index (χ3n) is 24.7. The number of carbonyl (C=O) groups is 7. The van der Waals surface area contributed by atoms with Crippen LogP contribution >= 0.6 is 0 Å². The molecule has 10 rings (SSSR count). The van der Waals surface area contributed by atoms with Gasteiger partial charge in [0.05, 0.1) is 169 Å². The van der Waals surface area contributed by atoms with Crippen LogP contribution in [-0.4, -0.2) is 323 Å². The maximum absolute atomic E-state index is 14.7. The van der Waals surface area contributed by atoms with Crippen molar-refractivity contribution in [1.82, 2.24) is 44.8 Å². The Bertz CT molecular complexity index is 4560.